The Labute approximate surface area is 177 Å². The standard InChI is InChI=1S/C23H26N4O2S/c1-17-14-25-23(20-7-10-24-11-8-20)27(17)16-18-9-12-26(15-18)30(28,29)22-6-5-19-3-2-4-21(19)13-22/h5-8,10-11,13-14,18H,2-4,9,12,15-16H2,1H3. The second-order valence-corrected chi connectivity index (χ2v) is 10.3. The number of nitrogens with zero attached hydrogens (tertiary/aromatic N) is 4. The van der Waals surface area contributed by atoms with Crippen molar-refractivity contribution in [3.8, 4) is 11.4 Å². The SMILES string of the molecule is Cc1cnc(-c2ccncc2)n1CC1CCN(S(=O)(=O)c2ccc3c(c2)CCC3)C1. The monoisotopic (exact) mass is 422 g/mol. The Morgan fingerprint density at radius 3 is 2.73 bits per heavy atom. The molecule has 2 aliphatic rings. The molecule has 1 saturated heterocycles. The lowest BCUT2D eigenvalue weighted by atomic mass is 10.1. The fourth-order valence-electron chi connectivity index (χ4n) is 4.70. The van der Waals surface area contributed by atoms with Gasteiger partial charge in [0.05, 0.1) is 4.90 Å². The molecule has 1 aliphatic heterocycles. The largest absolute Gasteiger partial charge is 0.328 e. The molecule has 0 saturated carbocycles. The molecule has 7 heteroatoms. The maximum Gasteiger partial charge on any atom is 0.243 e. The van der Waals surface area contributed by atoms with Crippen LogP contribution in [0.3, 0.4) is 0 Å². The number of rotatable bonds is 5. The highest BCUT2D eigenvalue weighted by atomic mass is 32.2. The summed E-state index contributed by atoms with van der Waals surface area (Å²) in [5, 5.41) is 0. The van der Waals surface area contributed by atoms with E-state index in [1.807, 2.05) is 37.4 Å². The van der Waals surface area contributed by atoms with Crippen LogP contribution in [0.15, 0.2) is 53.8 Å². The summed E-state index contributed by atoms with van der Waals surface area (Å²) in [4.78, 5) is 9.11. The van der Waals surface area contributed by atoms with Crippen LogP contribution in [-0.4, -0.2) is 40.3 Å². The normalized spacial score (nSPS) is 19.3. The molecule has 0 bridgehead atoms. The Morgan fingerprint density at radius 1 is 1.10 bits per heavy atom. The molecule has 0 spiro atoms. The number of aryl methyl sites for hydroxylation is 3. The van der Waals surface area contributed by atoms with Gasteiger partial charge in [-0.05, 0) is 73.9 Å². The van der Waals surface area contributed by atoms with Gasteiger partial charge < -0.3 is 4.57 Å². The van der Waals surface area contributed by atoms with Crippen LogP contribution in [0.2, 0.25) is 0 Å². The van der Waals surface area contributed by atoms with Crippen LogP contribution in [0.5, 0.6) is 0 Å². The first-order valence-corrected chi connectivity index (χ1v) is 12.0. The average Bonchev–Trinajstić information content (AvgIpc) is 3.49. The van der Waals surface area contributed by atoms with E-state index in [4.69, 9.17) is 0 Å². The van der Waals surface area contributed by atoms with Gasteiger partial charge in [0, 0.05) is 49.5 Å². The first-order valence-electron chi connectivity index (χ1n) is 10.6. The zero-order valence-electron chi connectivity index (χ0n) is 17.2. The highest BCUT2D eigenvalue weighted by Crippen LogP contribution is 2.30. The van der Waals surface area contributed by atoms with Gasteiger partial charge in [0.25, 0.3) is 0 Å². The molecule has 1 atom stereocenters. The predicted molar refractivity (Wildman–Crippen MR) is 116 cm³/mol. The third-order valence-corrected chi connectivity index (χ3v) is 8.25. The minimum atomic E-state index is -3.44. The number of sulfonamides is 1. The average molecular weight is 423 g/mol. The maximum atomic E-state index is 13.2. The van der Waals surface area contributed by atoms with E-state index < -0.39 is 10.0 Å². The van der Waals surface area contributed by atoms with Crippen molar-refractivity contribution in [2.75, 3.05) is 13.1 Å². The quantitative estimate of drug-likeness (QED) is 0.632. The Kier molecular flexibility index (Phi) is 4.95. The lowest BCUT2D eigenvalue weighted by molar-refractivity contribution is 0.428. The third kappa shape index (κ3) is 3.46. The molecule has 156 valence electrons. The second-order valence-electron chi connectivity index (χ2n) is 8.37. The zero-order valence-corrected chi connectivity index (χ0v) is 18.0. The van der Waals surface area contributed by atoms with Gasteiger partial charge in [-0.15, -0.1) is 0 Å². The van der Waals surface area contributed by atoms with E-state index in [9.17, 15) is 8.42 Å². The van der Waals surface area contributed by atoms with Crippen molar-refractivity contribution in [3.63, 3.8) is 0 Å². The van der Waals surface area contributed by atoms with E-state index in [-0.39, 0.29) is 5.92 Å². The van der Waals surface area contributed by atoms with E-state index in [0.717, 1.165) is 49.3 Å². The summed E-state index contributed by atoms with van der Waals surface area (Å²) < 4.78 is 30.3. The van der Waals surface area contributed by atoms with Crippen LogP contribution in [0.1, 0.15) is 29.7 Å². The summed E-state index contributed by atoms with van der Waals surface area (Å²) in [6.45, 7) is 3.93. The van der Waals surface area contributed by atoms with E-state index in [0.29, 0.717) is 18.0 Å². The Bertz CT molecular complexity index is 1170. The van der Waals surface area contributed by atoms with Crippen molar-refractivity contribution in [3.05, 3.63) is 65.7 Å². The maximum absolute atomic E-state index is 13.2. The van der Waals surface area contributed by atoms with Crippen molar-refractivity contribution in [1.29, 1.82) is 0 Å². The van der Waals surface area contributed by atoms with Gasteiger partial charge in [0.1, 0.15) is 5.82 Å². The Hall–Kier alpha value is -2.51. The summed E-state index contributed by atoms with van der Waals surface area (Å²) in [7, 11) is -3.44. The molecule has 5 rings (SSSR count). The topological polar surface area (TPSA) is 68.1 Å². The molecule has 2 aromatic heterocycles. The fourth-order valence-corrected chi connectivity index (χ4v) is 6.29. The van der Waals surface area contributed by atoms with Crippen LogP contribution in [-0.2, 0) is 29.4 Å². The van der Waals surface area contributed by atoms with Crippen LogP contribution >= 0.6 is 0 Å². The number of aromatic nitrogens is 3. The Morgan fingerprint density at radius 2 is 1.90 bits per heavy atom. The minimum absolute atomic E-state index is 0.266. The smallest absolute Gasteiger partial charge is 0.243 e. The third-order valence-electron chi connectivity index (χ3n) is 6.39. The number of imidazole rings is 1. The van der Waals surface area contributed by atoms with Crippen LogP contribution in [0, 0.1) is 12.8 Å². The van der Waals surface area contributed by atoms with Crippen molar-refractivity contribution in [2.45, 2.75) is 44.0 Å². The minimum Gasteiger partial charge on any atom is -0.328 e. The molecule has 30 heavy (non-hydrogen) atoms. The molecule has 1 aromatic carbocycles. The van der Waals surface area contributed by atoms with Gasteiger partial charge in [0.2, 0.25) is 10.0 Å². The van der Waals surface area contributed by atoms with E-state index in [1.165, 1.54) is 11.1 Å². The van der Waals surface area contributed by atoms with Gasteiger partial charge in [-0.25, -0.2) is 13.4 Å². The number of pyridine rings is 1. The molecule has 6 nitrogen and oxygen atoms in total. The molecule has 3 aromatic rings. The first kappa shape index (κ1) is 19.5. The van der Waals surface area contributed by atoms with Crippen LogP contribution < -0.4 is 0 Å². The fraction of sp³-hybridized carbons (Fsp3) is 0.391. The lowest BCUT2D eigenvalue weighted by Gasteiger charge is -2.18. The van der Waals surface area contributed by atoms with Crippen molar-refractivity contribution in [1.82, 2.24) is 18.8 Å². The van der Waals surface area contributed by atoms with E-state index in [2.05, 4.69) is 14.5 Å². The first-order chi connectivity index (χ1) is 14.5. The zero-order chi connectivity index (χ0) is 20.7. The molecule has 0 radical (unpaired) electrons. The van der Waals surface area contributed by atoms with Gasteiger partial charge in [0.15, 0.2) is 0 Å². The van der Waals surface area contributed by atoms with E-state index >= 15 is 0 Å². The van der Waals surface area contributed by atoms with Gasteiger partial charge in [-0.2, -0.15) is 4.31 Å². The van der Waals surface area contributed by atoms with Gasteiger partial charge >= 0.3 is 0 Å². The molecule has 0 N–H and O–H groups in total. The van der Waals surface area contributed by atoms with Gasteiger partial charge in [-0.3, -0.25) is 4.98 Å². The number of benzene rings is 1. The van der Waals surface area contributed by atoms with Crippen LogP contribution in [0.4, 0.5) is 0 Å². The molecular formula is C23H26N4O2S. The van der Waals surface area contributed by atoms with Crippen molar-refractivity contribution >= 4 is 10.0 Å². The molecule has 3 heterocycles. The molecule has 1 aliphatic carbocycles. The van der Waals surface area contributed by atoms with Crippen molar-refractivity contribution < 1.29 is 8.42 Å². The van der Waals surface area contributed by atoms with E-state index in [1.54, 1.807) is 22.8 Å². The summed E-state index contributed by atoms with van der Waals surface area (Å²) in [5.74, 6) is 1.18. The number of fused-ring (bicyclic) bond motifs is 1. The summed E-state index contributed by atoms with van der Waals surface area (Å²) in [6.07, 6.45) is 9.44. The van der Waals surface area contributed by atoms with Gasteiger partial charge in [-0.1, -0.05) is 6.07 Å². The highest BCUT2D eigenvalue weighted by molar-refractivity contribution is 7.89. The highest BCUT2D eigenvalue weighted by Gasteiger charge is 2.33. The van der Waals surface area contributed by atoms with Crippen LogP contribution in [0.25, 0.3) is 11.4 Å². The second kappa shape index (κ2) is 7.63. The Balaban J connectivity index is 1.34. The lowest BCUT2D eigenvalue weighted by Crippen LogP contribution is -2.29. The summed E-state index contributed by atoms with van der Waals surface area (Å²) >= 11 is 0. The number of hydrogen-bond donors (Lipinski definition) is 0. The molecule has 0 amide bonds. The molecule has 1 unspecified atom stereocenters. The van der Waals surface area contributed by atoms with Crippen molar-refractivity contribution in [2.24, 2.45) is 5.92 Å². The summed E-state index contributed by atoms with van der Waals surface area (Å²) in [6, 6.07) is 9.59. The molecular weight excluding hydrogens is 396 g/mol. The molecule has 1 fully saturated rings. The predicted octanol–water partition coefficient (Wildman–Crippen LogP) is 3.45. The number of hydrogen-bond acceptors (Lipinski definition) is 4. The summed E-state index contributed by atoms with van der Waals surface area (Å²) in [5.41, 5.74) is 4.61.